The van der Waals surface area contributed by atoms with E-state index < -0.39 is 0 Å². The van der Waals surface area contributed by atoms with Crippen LogP contribution in [-0.2, 0) is 4.79 Å². The normalized spacial score (nSPS) is 16.0. The smallest absolute Gasteiger partial charge is 0.264 e. The molecule has 1 saturated heterocycles. The summed E-state index contributed by atoms with van der Waals surface area (Å²) >= 11 is 7.38. The first kappa shape index (κ1) is 20.8. The third-order valence-electron chi connectivity index (χ3n) is 3.89. The van der Waals surface area contributed by atoms with Crippen molar-refractivity contribution in [3.05, 3.63) is 57.5 Å². The van der Waals surface area contributed by atoms with Gasteiger partial charge in [0.1, 0.15) is 6.07 Å². The maximum Gasteiger partial charge on any atom is 0.264 e. The fraction of sp³-hybridized carbons (Fsp3) is 0.190. The van der Waals surface area contributed by atoms with Crippen LogP contribution < -0.4 is 14.8 Å². The highest BCUT2D eigenvalue weighted by Gasteiger charge is 2.24. The lowest BCUT2D eigenvalue weighted by atomic mass is 10.2. The molecule has 29 heavy (non-hydrogen) atoms. The number of hydrogen-bond donors (Lipinski definition) is 1. The van der Waals surface area contributed by atoms with Crippen molar-refractivity contribution in [2.24, 2.45) is 4.99 Å². The van der Waals surface area contributed by atoms with Gasteiger partial charge in [0.2, 0.25) is 0 Å². The summed E-state index contributed by atoms with van der Waals surface area (Å²) in [5.41, 5.74) is 2.41. The average Bonchev–Trinajstić information content (AvgIpc) is 3.03. The Morgan fingerprint density at radius 1 is 1.24 bits per heavy atom. The maximum atomic E-state index is 12.3. The number of carbonyl (C=O) groups excluding carboxylic acids is 1. The van der Waals surface area contributed by atoms with E-state index in [0.717, 1.165) is 11.1 Å². The van der Waals surface area contributed by atoms with E-state index in [2.05, 4.69) is 10.3 Å². The zero-order valence-electron chi connectivity index (χ0n) is 15.9. The number of thioether (sulfide) groups is 1. The molecule has 1 N–H and O–H groups in total. The second-order valence-corrected chi connectivity index (χ2v) is 7.44. The summed E-state index contributed by atoms with van der Waals surface area (Å²) in [5, 5.41) is 12.6. The van der Waals surface area contributed by atoms with Crippen molar-refractivity contribution in [2.45, 2.75) is 13.8 Å². The third kappa shape index (κ3) is 5.31. The molecule has 1 amide bonds. The summed E-state index contributed by atoms with van der Waals surface area (Å²) in [5.74, 6) is 0.774. The molecule has 0 saturated carbocycles. The second kappa shape index (κ2) is 9.50. The number of aryl methyl sites for hydroxylation is 1. The fourth-order valence-electron chi connectivity index (χ4n) is 2.51. The number of nitriles is 1. The molecule has 0 spiro atoms. The molecule has 0 atom stereocenters. The van der Waals surface area contributed by atoms with Gasteiger partial charge in [-0.2, -0.15) is 5.26 Å². The van der Waals surface area contributed by atoms with Crippen LogP contribution in [-0.4, -0.2) is 24.3 Å². The SMILES string of the molecule is CCOc1cc(C=C2SC(=Nc3ccc(C)c(Cl)c3)NC2=O)ccc1OCC#N. The van der Waals surface area contributed by atoms with Gasteiger partial charge in [-0.1, -0.05) is 23.7 Å². The van der Waals surface area contributed by atoms with E-state index in [1.54, 1.807) is 30.3 Å². The minimum absolute atomic E-state index is 0.0678. The highest BCUT2D eigenvalue weighted by Crippen LogP contribution is 2.33. The molecule has 8 heteroatoms. The average molecular weight is 428 g/mol. The largest absolute Gasteiger partial charge is 0.490 e. The Labute approximate surface area is 178 Å². The van der Waals surface area contributed by atoms with E-state index in [-0.39, 0.29) is 12.5 Å². The number of amidine groups is 1. The Balaban J connectivity index is 1.82. The first-order valence-corrected chi connectivity index (χ1v) is 10.0. The van der Waals surface area contributed by atoms with E-state index >= 15 is 0 Å². The Hall–Kier alpha value is -2.95. The molecule has 6 nitrogen and oxygen atoms in total. The number of carbonyl (C=O) groups is 1. The fourth-order valence-corrected chi connectivity index (χ4v) is 3.53. The summed E-state index contributed by atoms with van der Waals surface area (Å²) < 4.78 is 10.9. The van der Waals surface area contributed by atoms with Gasteiger partial charge in [0.25, 0.3) is 5.91 Å². The molecule has 0 aromatic heterocycles. The number of rotatable bonds is 6. The summed E-state index contributed by atoms with van der Waals surface area (Å²) in [6.45, 7) is 4.16. The second-order valence-electron chi connectivity index (χ2n) is 6.00. The Morgan fingerprint density at radius 2 is 2.07 bits per heavy atom. The minimum Gasteiger partial charge on any atom is -0.490 e. The summed E-state index contributed by atoms with van der Waals surface area (Å²) in [6.07, 6.45) is 1.75. The standard InChI is InChI=1S/C21H18ClN3O3S/c1-3-27-18-10-14(5-7-17(18)28-9-8-23)11-19-20(26)25-21(29-19)24-15-6-4-13(2)16(22)12-15/h4-7,10-12H,3,9H2,1-2H3,(H,24,25,26). The lowest BCUT2D eigenvalue weighted by molar-refractivity contribution is -0.115. The first-order chi connectivity index (χ1) is 14.0. The number of aliphatic imine (C=N–C) groups is 1. The van der Waals surface area contributed by atoms with Crippen LogP contribution in [0.15, 0.2) is 46.3 Å². The molecule has 0 aliphatic carbocycles. The van der Waals surface area contributed by atoms with Crippen LogP contribution in [0.3, 0.4) is 0 Å². The Kier molecular flexibility index (Phi) is 6.81. The highest BCUT2D eigenvalue weighted by molar-refractivity contribution is 8.18. The van der Waals surface area contributed by atoms with Gasteiger partial charge in [0, 0.05) is 5.02 Å². The van der Waals surface area contributed by atoms with Crippen molar-refractivity contribution in [1.29, 1.82) is 5.26 Å². The predicted molar refractivity (Wildman–Crippen MR) is 116 cm³/mol. The van der Waals surface area contributed by atoms with E-state index in [1.807, 2.05) is 32.0 Å². The lowest BCUT2D eigenvalue weighted by Gasteiger charge is -2.10. The molecule has 1 heterocycles. The molecule has 0 radical (unpaired) electrons. The van der Waals surface area contributed by atoms with Gasteiger partial charge in [-0.15, -0.1) is 0 Å². The van der Waals surface area contributed by atoms with Gasteiger partial charge in [-0.25, -0.2) is 4.99 Å². The van der Waals surface area contributed by atoms with E-state index in [4.69, 9.17) is 26.3 Å². The molecule has 2 aromatic carbocycles. The number of hydrogen-bond acceptors (Lipinski definition) is 6. The Morgan fingerprint density at radius 3 is 2.79 bits per heavy atom. The van der Waals surface area contributed by atoms with Crippen molar-refractivity contribution < 1.29 is 14.3 Å². The van der Waals surface area contributed by atoms with Crippen LogP contribution in [0.4, 0.5) is 5.69 Å². The van der Waals surface area contributed by atoms with Crippen molar-refractivity contribution >= 4 is 46.2 Å². The van der Waals surface area contributed by atoms with Crippen molar-refractivity contribution in [2.75, 3.05) is 13.2 Å². The number of ether oxygens (including phenoxy) is 2. The van der Waals surface area contributed by atoms with Gasteiger partial charge < -0.3 is 14.8 Å². The molecular formula is C21H18ClN3O3S. The quantitative estimate of drug-likeness (QED) is 0.667. The number of nitrogens with one attached hydrogen (secondary N) is 1. The van der Waals surface area contributed by atoms with Crippen molar-refractivity contribution in [3.63, 3.8) is 0 Å². The highest BCUT2D eigenvalue weighted by atomic mass is 35.5. The molecule has 1 aliphatic heterocycles. The third-order valence-corrected chi connectivity index (χ3v) is 5.21. The van der Waals surface area contributed by atoms with Crippen molar-refractivity contribution in [3.8, 4) is 17.6 Å². The number of nitrogens with zero attached hydrogens (tertiary/aromatic N) is 2. The van der Waals surface area contributed by atoms with Crippen LogP contribution in [0.1, 0.15) is 18.1 Å². The lowest BCUT2D eigenvalue weighted by Crippen LogP contribution is -2.19. The van der Waals surface area contributed by atoms with Gasteiger partial charge in [-0.3, -0.25) is 4.79 Å². The summed E-state index contributed by atoms with van der Waals surface area (Å²) in [6, 6.07) is 12.7. The van der Waals surface area contributed by atoms with Crippen LogP contribution in [0.25, 0.3) is 6.08 Å². The monoisotopic (exact) mass is 427 g/mol. The molecular weight excluding hydrogens is 410 g/mol. The van der Waals surface area contributed by atoms with Crippen LogP contribution in [0.2, 0.25) is 5.02 Å². The molecule has 148 valence electrons. The molecule has 1 aliphatic rings. The topological polar surface area (TPSA) is 83.7 Å². The predicted octanol–water partition coefficient (Wildman–Crippen LogP) is 4.84. The van der Waals surface area contributed by atoms with E-state index in [9.17, 15) is 4.79 Å². The van der Waals surface area contributed by atoms with Crippen molar-refractivity contribution in [1.82, 2.24) is 5.32 Å². The van der Waals surface area contributed by atoms with Crippen LogP contribution in [0, 0.1) is 18.3 Å². The molecule has 3 rings (SSSR count). The summed E-state index contributed by atoms with van der Waals surface area (Å²) in [7, 11) is 0. The molecule has 2 aromatic rings. The Bertz CT molecular complexity index is 1040. The van der Waals surface area contributed by atoms with E-state index in [1.165, 1.54) is 11.8 Å². The molecule has 0 bridgehead atoms. The molecule has 1 fully saturated rings. The van der Waals surface area contributed by atoms with Gasteiger partial charge in [0.15, 0.2) is 23.3 Å². The number of amides is 1. The summed E-state index contributed by atoms with van der Waals surface area (Å²) in [4.78, 5) is 17.3. The number of benzene rings is 2. The maximum absolute atomic E-state index is 12.3. The molecule has 0 unspecified atom stereocenters. The van der Waals surface area contributed by atoms with Crippen LogP contribution in [0.5, 0.6) is 11.5 Å². The number of halogens is 1. The zero-order chi connectivity index (χ0) is 20.8. The minimum atomic E-state index is -0.227. The zero-order valence-corrected chi connectivity index (χ0v) is 17.4. The van der Waals surface area contributed by atoms with Gasteiger partial charge in [-0.05, 0) is 67.1 Å². The first-order valence-electron chi connectivity index (χ1n) is 8.82. The van der Waals surface area contributed by atoms with Crippen LogP contribution >= 0.6 is 23.4 Å². The van der Waals surface area contributed by atoms with E-state index in [0.29, 0.717) is 38.9 Å². The van der Waals surface area contributed by atoms with Gasteiger partial charge in [0.05, 0.1) is 17.2 Å². The van der Waals surface area contributed by atoms with Gasteiger partial charge >= 0.3 is 0 Å².